The van der Waals surface area contributed by atoms with Gasteiger partial charge in [-0.05, 0) is 64.9 Å². The van der Waals surface area contributed by atoms with Crippen molar-refractivity contribution >= 4 is 39.3 Å². The van der Waals surface area contributed by atoms with Gasteiger partial charge in [0.1, 0.15) is 5.82 Å². The van der Waals surface area contributed by atoms with Crippen LogP contribution in [0.4, 0.5) is 4.39 Å². The van der Waals surface area contributed by atoms with Crippen LogP contribution in [0.5, 0.6) is 0 Å². The van der Waals surface area contributed by atoms with Gasteiger partial charge in [0.15, 0.2) is 10.4 Å². The van der Waals surface area contributed by atoms with Crippen LogP contribution >= 0.6 is 28.1 Å². The first-order valence-corrected chi connectivity index (χ1v) is 6.80. The number of benzene rings is 1. The normalized spacial score (nSPS) is 11.1. The Bertz CT molecular complexity index is 838. The molecule has 0 unspecified atom stereocenters. The van der Waals surface area contributed by atoms with E-state index in [4.69, 9.17) is 12.2 Å². The monoisotopic (exact) mass is 337 g/mol. The van der Waals surface area contributed by atoms with Crippen LogP contribution in [0.3, 0.4) is 0 Å². The molecule has 0 aliphatic heterocycles. The van der Waals surface area contributed by atoms with Crippen LogP contribution in [0.25, 0.3) is 16.9 Å². The average Bonchev–Trinajstić information content (AvgIpc) is 2.70. The van der Waals surface area contributed by atoms with E-state index in [9.17, 15) is 4.39 Å². The minimum Gasteiger partial charge on any atom is -0.329 e. The van der Waals surface area contributed by atoms with Gasteiger partial charge in [-0.2, -0.15) is 0 Å². The summed E-state index contributed by atoms with van der Waals surface area (Å²) in [5, 5.41) is 0. The summed E-state index contributed by atoms with van der Waals surface area (Å²) in [6.45, 7) is 1.84. The summed E-state index contributed by atoms with van der Waals surface area (Å²) in [5.74, 6) is -0.291. The number of H-pyrrole nitrogens is 1. The van der Waals surface area contributed by atoms with Crippen LogP contribution in [0.2, 0.25) is 0 Å². The molecule has 96 valence electrons. The van der Waals surface area contributed by atoms with Crippen LogP contribution in [-0.4, -0.2) is 14.5 Å². The van der Waals surface area contributed by atoms with Crippen molar-refractivity contribution in [3.05, 3.63) is 51.1 Å². The minimum atomic E-state index is -0.291. The molecule has 3 aromatic rings. The molecule has 1 aromatic carbocycles. The molecule has 2 heterocycles. The van der Waals surface area contributed by atoms with Gasteiger partial charge >= 0.3 is 0 Å². The molecule has 0 fully saturated rings. The second-order valence-electron chi connectivity index (χ2n) is 4.19. The fourth-order valence-electron chi connectivity index (χ4n) is 2.04. The molecule has 6 heteroatoms. The number of pyridine rings is 1. The summed E-state index contributed by atoms with van der Waals surface area (Å²) in [6.07, 6.45) is 1.70. The van der Waals surface area contributed by atoms with Gasteiger partial charge in [0.2, 0.25) is 0 Å². The standard InChI is InChI=1S/C13H9BrFN3S/c1-7-5-9(15)8(14)6-11(7)18-12-10(17-13(18)19)3-2-4-16-12/h2-6H,1H3,(H,17,19). The molecule has 3 rings (SSSR count). The number of aromatic amines is 1. The summed E-state index contributed by atoms with van der Waals surface area (Å²) < 4.78 is 16.3. The summed E-state index contributed by atoms with van der Waals surface area (Å²) in [6, 6.07) is 6.93. The van der Waals surface area contributed by atoms with Crippen molar-refractivity contribution in [1.29, 1.82) is 0 Å². The smallest absolute Gasteiger partial charge is 0.184 e. The molecule has 0 atom stereocenters. The van der Waals surface area contributed by atoms with Gasteiger partial charge in [0.05, 0.1) is 15.7 Å². The third-order valence-electron chi connectivity index (χ3n) is 2.92. The van der Waals surface area contributed by atoms with Gasteiger partial charge in [-0.3, -0.25) is 4.57 Å². The molecule has 3 nitrogen and oxygen atoms in total. The molecule has 0 bridgehead atoms. The van der Waals surface area contributed by atoms with Gasteiger partial charge in [0, 0.05) is 6.20 Å². The predicted octanol–water partition coefficient (Wildman–Crippen LogP) is 4.29. The number of rotatable bonds is 1. The highest BCUT2D eigenvalue weighted by Crippen LogP contribution is 2.26. The number of nitrogens with zero attached hydrogens (tertiary/aromatic N) is 2. The molecular formula is C13H9BrFN3S. The van der Waals surface area contributed by atoms with Crippen molar-refractivity contribution in [3.8, 4) is 5.69 Å². The van der Waals surface area contributed by atoms with Crippen LogP contribution in [0, 0.1) is 17.5 Å². The fraction of sp³-hybridized carbons (Fsp3) is 0.0769. The van der Waals surface area contributed by atoms with E-state index in [0.717, 1.165) is 22.4 Å². The number of aryl methyl sites for hydroxylation is 1. The highest BCUT2D eigenvalue weighted by atomic mass is 79.9. The van der Waals surface area contributed by atoms with E-state index < -0.39 is 0 Å². The molecule has 0 spiro atoms. The van der Waals surface area contributed by atoms with Crippen LogP contribution in [0.1, 0.15) is 5.56 Å². The lowest BCUT2D eigenvalue weighted by atomic mass is 10.2. The quantitative estimate of drug-likeness (QED) is 0.672. The first-order chi connectivity index (χ1) is 9.08. The van der Waals surface area contributed by atoms with Gasteiger partial charge < -0.3 is 4.98 Å². The van der Waals surface area contributed by atoms with Crippen molar-refractivity contribution in [3.63, 3.8) is 0 Å². The van der Waals surface area contributed by atoms with Crippen molar-refractivity contribution in [2.45, 2.75) is 6.92 Å². The van der Waals surface area contributed by atoms with Gasteiger partial charge in [0.25, 0.3) is 0 Å². The van der Waals surface area contributed by atoms with Gasteiger partial charge in [-0.1, -0.05) is 0 Å². The first kappa shape index (κ1) is 12.5. The Kier molecular flexibility index (Phi) is 2.99. The summed E-state index contributed by atoms with van der Waals surface area (Å²) in [5.41, 5.74) is 3.19. The lowest BCUT2D eigenvalue weighted by molar-refractivity contribution is 0.619. The Labute approximate surface area is 122 Å². The number of hydrogen-bond acceptors (Lipinski definition) is 2. The molecule has 0 saturated heterocycles. The molecule has 1 N–H and O–H groups in total. The second kappa shape index (κ2) is 4.54. The van der Waals surface area contributed by atoms with Crippen LogP contribution in [-0.2, 0) is 0 Å². The van der Waals surface area contributed by atoms with E-state index in [2.05, 4.69) is 25.9 Å². The number of fused-ring (bicyclic) bond motifs is 1. The zero-order valence-corrected chi connectivity index (χ0v) is 12.3. The maximum Gasteiger partial charge on any atom is 0.184 e. The molecule has 0 aliphatic carbocycles. The Hall–Kier alpha value is -1.53. The highest BCUT2D eigenvalue weighted by molar-refractivity contribution is 9.10. The van der Waals surface area contributed by atoms with Crippen LogP contribution in [0.15, 0.2) is 34.9 Å². The Morgan fingerprint density at radius 2 is 2.21 bits per heavy atom. The van der Waals surface area contributed by atoms with Crippen molar-refractivity contribution in [1.82, 2.24) is 14.5 Å². The zero-order valence-electron chi connectivity index (χ0n) is 9.95. The molecule has 19 heavy (non-hydrogen) atoms. The largest absolute Gasteiger partial charge is 0.329 e. The van der Waals surface area contributed by atoms with Crippen LogP contribution < -0.4 is 0 Å². The van der Waals surface area contributed by atoms with E-state index in [0.29, 0.717) is 9.24 Å². The Morgan fingerprint density at radius 1 is 1.42 bits per heavy atom. The SMILES string of the molecule is Cc1cc(F)c(Br)cc1-n1c(=S)[nH]c2cccnc21. The molecule has 0 aliphatic rings. The third kappa shape index (κ3) is 2.01. The van der Waals surface area contributed by atoms with Crippen molar-refractivity contribution < 1.29 is 4.39 Å². The topological polar surface area (TPSA) is 33.6 Å². The number of nitrogens with one attached hydrogen (secondary N) is 1. The second-order valence-corrected chi connectivity index (χ2v) is 5.43. The first-order valence-electron chi connectivity index (χ1n) is 5.59. The van der Waals surface area contributed by atoms with E-state index in [1.54, 1.807) is 12.3 Å². The lowest BCUT2D eigenvalue weighted by Crippen LogP contribution is -1.99. The molecule has 0 radical (unpaired) electrons. The predicted molar refractivity (Wildman–Crippen MR) is 78.6 cm³/mol. The van der Waals surface area contributed by atoms with E-state index in [1.807, 2.05) is 23.6 Å². The zero-order chi connectivity index (χ0) is 13.6. The van der Waals surface area contributed by atoms with Gasteiger partial charge in [-0.25, -0.2) is 9.37 Å². The van der Waals surface area contributed by atoms with Crippen molar-refractivity contribution in [2.75, 3.05) is 0 Å². The van der Waals surface area contributed by atoms with E-state index >= 15 is 0 Å². The molecular weight excluding hydrogens is 329 g/mol. The summed E-state index contributed by atoms with van der Waals surface area (Å²) >= 11 is 8.53. The molecule has 0 amide bonds. The van der Waals surface area contributed by atoms with Crippen molar-refractivity contribution in [2.24, 2.45) is 0 Å². The highest BCUT2D eigenvalue weighted by Gasteiger charge is 2.12. The molecule has 0 saturated carbocycles. The Balaban J connectivity index is 2.40. The summed E-state index contributed by atoms with van der Waals surface area (Å²) in [4.78, 5) is 7.42. The lowest BCUT2D eigenvalue weighted by Gasteiger charge is -2.09. The number of halogens is 2. The fourth-order valence-corrected chi connectivity index (χ4v) is 2.67. The van der Waals surface area contributed by atoms with Gasteiger partial charge in [-0.15, -0.1) is 0 Å². The number of hydrogen-bond donors (Lipinski definition) is 1. The Morgan fingerprint density at radius 3 is 3.00 bits per heavy atom. The third-order valence-corrected chi connectivity index (χ3v) is 3.82. The summed E-state index contributed by atoms with van der Waals surface area (Å²) in [7, 11) is 0. The number of aromatic nitrogens is 3. The minimum absolute atomic E-state index is 0.291. The maximum absolute atomic E-state index is 13.5. The van der Waals surface area contributed by atoms with E-state index in [-0.39, 0.29) is 5.82 Å². The van der Waals surface area contributed by atoms with E-state index in [1.165, 1.54) is 6.07 Å². The molecule has 2 aromatic heterocycles. The average molecular weight is 338 g/mol. The number of imidazole rings is 1. The maximum atomic E-state index is 13.5.